The molecule has 4 rings (SSSR count). The number of aromatic amines is 1. The number of aromatic nitrogens is 1. The summed E-state index contributed by atoms with van der Waals surface area (Å²) in [6.07, 6.45) is 7.67. The second kappa shape index (κ2) is 12.2. The van der Waals surface area contributed by atoms with Gasteiger partial charge in [-0.25, -0.2) is 0 Å². The maximum atomic E-state index is 5.58. The summed E-state index contributed by atoms with van der Waals surface area (Å²) >= 11 is 0. The summed E-state index contributed by atoms with van der Waals surface area (Å²) in [6, 6.07) is 13.9. The van der Waals surface area contributed by atoms with Crippen LogP contribution >= 0.6 is 0 Å². The zero-order valence-corrected chi connectivity index (χ0v) is 23.1. The molecule has 5 heteroatoms. The standard InChI is InChI=1S/C31H45N3O2/c1-21(2)30-26-19-23(18-22-8-12-25(13-9-22)32-16-7-17-34(3)4)10-14-27(26)33-31(30)24-11-15-28(35-5)29(20-24)36-6/h10-11,14-15,19-22,25,32-33H,7-9,12-13,16-18H2,1-6H3. The summed E-state index contributed by atoms with van der Waals surface area (Å²) in [5.74, 6) is 2.70. The van der Waals surface area contributed by atoms with Crippen molar-refractivity contribution in [1.82, 2.24) is 15.2 Å². The second-order valence-corrected chi connectivity index (χ2v) is 11.1. The van der Waals surface area contributed by atoms with Crippen LogP contribution in [0.25, 0.3) is 22.2 Å². The van der Waals surface area contributed by atoms with Crippen molar-refractivity contribution in [2.24, 2.45) is 5.92 Å². The number of ether oxygens (including phenoxy) is 2. The Morgan fingerprint density at radius 2 is 1.72 bits per heavy atom. The minimum Gasteiger partial charge on any atom is -0.493 e. The van der Waals surface area contributed by atoms with Gasteiger partial charge in [0.15, 0.2) is 11.5 Å². The van der Waals surface area contributed by atoms with Crippen LogP contribution in [0.1, 0.15) is 63.0 Å². The Labute approximate surface area is 217 Å². The number of fused-ring (bicyclic) bond motifs is 1. The molecule has 1 fully saturated rings. The van der Waals surface area contributed by atoms with E-state index in [1.54, 1.807) is 14.2 Å². The smallest absolute Gasteiger partial charge is 0.161 e. The fourth-order valence-corrected chi connectivity index (χ4v) is 5.81. The highest BCUT2D eigenvalue weighted by molar-refractivity contribution is 5.92. The number of hydrogen-bond donors (Lipinski definition) is 2. The molecule has 0 amide bonds. The Kier molecular flexibility index (Phi) is 8.97. The van der Waals surface area contributed by atoms with Crippen LogP contribution in [-0.4, -0.2) is 57.3 Å². The lowest BCUT2D eigenvalue weighted by molar-refractivity contribution is 0.286. The summed E-state index contributed by atoms with van der Waals surface area (Å²) < 4.78 is 11.0. The van der Waals surface area contributed by atoms with E-state index in [9.17, 15) is 0 Å². The molecule has 0 aliphatic heterocycles. The quantitative estimate of drug-likeness (QED) is 0.296. The molecule has 0 saturated heterocycles. The Balaban J connectivity index is 1.47. The highest BCUT2D eigenvalue weighted by Gasteiger charge is 2.22. The van der Waals surface area contributed by atoms with E-state index >= 15 is 0 Å². The number of methoxy groups -OCH3 is 2. The van der Waals surface area contributed by atoms with Crippen molar-refractivity contribution in [3.8, 4) is 22.8 Å². The molecule has 1 heterocycles. The average Bonchev–Trinajstić information content (AvgIpc) is 3.26. The van der Waals surface area contributed by atoms with Crippen molar-refractivity contribution >= 4 is 10.9 Å². The number of rotatable bonds is 11. The van der Waals surface area contributed by atoms with E-state index in [0.717, 1.165) is 36.1 Å². The van der Waals surface area contributed by atoms with Crippen LogP contribution < -0.4 is 14.8 Å². The third-order valence-corrected chi connectivity index (χ3v) is 7.74. The van der Waals surface area contributed by atoms with Gasteiger partial charge < -0.3 is 24.7 Å². The molecule has 3 aromatic rings. The lowest BCUT2D eigenvalue weighted by Gasteiger charge is -2.29. The lowest BCUT2D eigenvalue weighted by Crippen LogP contribution is -2.35. The molecule has 36 heavy (non-hydrogen) atoms. The first-order valence-electron chi connectivity index (χ1n) is 13.6. The number of benzene rings is 2. The van der Waals surface area contributed by atoms with Gasteiger partial charge in [-0.15, -0.1) is 0 Å². The largest absolute Gasteiger partial charge is 0.493 e. The molecule has 2 N–H and O–H groups in total. The van der Waals surface area contributed by atoms with Gasteiger partial charge >= 0.3 is 0 Å². The molecule has 2 aromatic carbocycles. The van der Waals surface area contributed by atoms with Crippen molar-refractivity contribution in [3.63, 3.8) is 0 Å². The number of nitrogens with one attached hydrogen (secondary N) is 2. The first-order chi connectivity index (χ1) is 17.4. The van der Waals surface area contributed by atoms with Gasteiger partial charge in [0.1, 0.15) is 0 Å². The molecule has 0 unspecified atom stereocenters. The maximum Gasteiger partial charge on any atom is 0.161 e. The molecule has 0 radical (unpaired) electrons. The van der Waals surface area contributed by atoms with Crippen LogP contribution in [0.2, 0.25) is 0 Å². The zero-order valence-electron chi connectivity index (χ0n) is 23.1. The van der Waals surface area contributed by atoms with Crippen LogP contribution in [-0.2, 0) is 6.42 Å². The van der Waals surface area contributed by atoms with Gasteiger partial charge in [0.2, 0.25) is 0 Å². The first-order valence-corrected chi connectivity index (χ1v) is 13.6. The molecule has 0 bridgehead atoms. The summed E-state index contributed by atoms with van der Waals surface area (Å²) in [6.45, 7) is 6.87. The van der Waals surface area contributed by atoms with Crippen molar-refractivity contribution < 1.29 is 9.47 Å². The lowest BCUT2D eigenvalue weighted by atomic mass is 9.82. The van der Waals surface area contributed by atoms with Gasteiger partial charge in [-0.3, -0.25) is 0 Å². The molecule has 1 aromatic heterocycles. The summed E-state index contributed by atoms with van der Waals surface area (Å²) in [5.41, 5.74) is 6.36. The third-order valence-electron chi connectivity index (χ3n) is 7.74. The SMILES string of the molecule is COc1ccc(-c2[nH]c3ccc(CC4CCC(NCCCN(C)C)CC4)cc3c2C(C)C)cc1OC. The van der Waals surface area contributed by atoms with Gasteiger partial charge in [-0.05, 0) is 119 Å². The predicted octanol–water partition coefficient (Wildman–Crippen LogP) is 6.62. The van der Waals surface area contributed by atoms with Gasteiger partial charge in [-0.2, -0.15) is 0 Å². The van der Waals surface area contributed by atoms with Gasteiger partial charge in [-0.1, -0.05) is 19.9 Å². The second-order valence-electron chi connectivity index (χ2n) is 11.1. The highest BCUT2D eigenvalue weighted by Crippen LogP contribution is 2.39. The molecule has 1 aliphatic carbocycles. The summed E-state index contributed by atoms with van der Waals surface area (Å²) in [4.78, 5) is 5.98. The Hall–Kier alpha value is -2.50. The number of hydrogen-bond acceptors (Lipinski definition) is 4. The summed E-state index contributed by atoms with van der Waals surface area (Å²) in [7, 11) is 7.67. The first kappa shape index (κ1) is 26.6. The predicted molar refractivity (Wildman–Crippen MR) is 152 cm³/mol. The maximum absolute atomic E-state index is 5.58. The highest BCUT2D eigenvalue weighted by atomic mass is 16.5. The fraction of sp³-hybridized carbons (Fsp3) is 0.548. The van der Waals surface area contributed by atoms with E-state index in [0.29, 0.717) is 12.0 Å². The molecule has 5 nitrogen and oxygen atoms in total. The molecular formula is C31H45N3O2. The van der Waals surface area contributed by atoms with Crippen molar-refractivity contribution in [3.05, 3.63) is 47.5 Å². The van der Waals surface area contributed by atoms with E-state index in [1.165, 1.54) is 66.2 Å². The zero-order chi connectivity index (χ0) is 25.7. The van der Waals surface area contributed by atoms with E-state index in [4.69, 9.17) is 9.47 Å². The van der Waals surface area contributed by atoms with Gasteiger partial charge in [0.05, 0.1) is 19.9 Å². The molecular weight excluding hydrogens is 446 g/mol. The van der Waals surface area contributed by atoms with Crippen LogP contribution in [0.15, 0.2) is 36.4 Å². The normalized spacial score (nSPS) is 18.3. The van der Waals surface area contributed by atoms with E-state index in [1.807, 2.05) is 6.07 Å². The fourth-order valence-electron chi connectivity index (χ4n) is 5.81. The van der Waals surface area contributed by atoms with Crippen molar-refractivity contribution in [2.45, 2.75) is 64.3 Å². The molecule has 1 saturated carbocycles. The molecule has 1 aliphatic rings. The average molecular weight is 492 g/mol. The summed E-state index contributed by atoms with van der Waals surface area (Å²) in [5, 5.41) is 5.14. The number of nitrogens with zero attached hydrogens (tertiary/aromatic N) is 1. The van der Waals surface area contributed by atoms with Crippen molar-refractivity contribution in [2.75, 3.05) is 41.4 Å². The minimum atomic E-state index is 0.408. The van der Waals surface area contributed by atoms with E-state index in [-0.39, 0.29) is 0 Å². The van der Waals surface area contributed by atoms with E-state index < -0.39 is 0 Å². The Morgan fingerprint density at radius 1 is 0.972 bits per heavy atom. The number of H-pyrrole nitrogens is 1. The molecule has 196 valence electrons. The molecule has 0 spiro atoms. The van der Waals surface area contributed by atoms with Gasteiger partial charge in [0, 0.05) is 22.5 Å². The Bertz CT molecular complexity index is 1130. The van der Waals surface area contributed by atoms with E-state index in [2.05, 4.69) is 73.5 Å². The third kappa shape index (κ3) is 6.24. The topological polar surface area (TPSA) is 49.5 Å². The van der Waals surface area contributed by atoms with Crippen molar-refractivity contribution in [1.29, 1.82) is 0 Å². The van der Waals surface area contributed by atoms with Crippen LogP contribution in [0.5, 0.6) is 11.5 Å². The monoisotopic (exact) mass is 491 g/mol. The molecule has 0 atom stereocenters. The van der Waals surface area contributed by atoms with Crippen LogP contribution in [0.3, 0.4) is 0 Å². The van der Waals surface area contributed by atoms with Gasteiger partial charge in [0.25, 0.3) is 0 Å². The Morgan fingerprint density at radius 3 is 2.39 bits per heavy atom. The van der Waals surface area contributed by atoms with Crippen LogP contribution in [0.4, 0.5) is 0 Å². The van der Waals surface area contributed by atoms with Crippen LogP contribution in [0, 0.1) is 5.92 Å². The minimum absolute atomic E-state index is 0.408.